The molecule has 0 fully saturated rings. The smallest absolute Gasteiger partial charge is 0.160 e. The van der Waals surface area contributed by atoms with Crippen LogP contribution in [-0.2, 0) is 0 Å². The number of rotatable bonds is 5. The van der Waals surface area contributed by atoms with Crippen molar-refractivity contribution in [2.75, 3.05) is 7.11 Å². The van der Waals surface area contributed by atoms with E-state index in [0.29, 0.717) is 5.75 Å². The number of hydrogen-bond acceptors (Lipinski definition) is 3. The Hall–Kier alpha value is -2.68. The Morgan fingerprint density at radius 3 is 2.38 bits per heavy atom. The third-order valence-corrected chi connectivity index (χ3v) is 3.23. The Kier molecular flexibility index (Phi) is 4.67. The number of phenolic OH excluding ortho intramolecular Hbond substituents is 2. The van der Waals surface area contributed by atoms with Crippen LogP contribution < -0.4 is 4.74 Å². The minimum Gasteiger partial charge on any atom is -0.508 e. The van der Waals surface area contributed by atoms with Crippen LogP contribution in [0.4, 0.5) is 0 Å². The molecule has 0 spiro atoms. The van der Waals surface area contributed by atoms with E-state index in [1.807, 2.05) is 36.4 Å². The van der Waals surface area contributed by atoms with Gasteiger partial charge in [-0.1, -0.05) is 36.4 Å². The third-order valence-electron chi connectivity index (χ3n) is 3.23. The van der Waals surface area contributed by atoms with Crippen LogP contribution in [0.25, 0.3) is 6.08 Å². The fraction of sp³-hybridized carbons (Fsp3) is 0.111. The zero-order valence-electron chi connectivity index (χ0n) is 11.9. The van der Waals surface area contributed by atoms with E-state index in [4.69, 9.17) is 4.74 Å². The molecule has 0 aromatic heterocycles. The fourth-order valence-electron chi connectivity index (χ4n) is 2.05. The number of methoxy groups -OCH3 is 1. The Balaban J connectivity index is 2.19. The number of ether oxygens (including phenoxy) is 1. The molecule has 0 radical (unpaired) electrons. The fourth-order valence-corrected chi connectivity index (χ4v) is 2.05. The van der Waals surface area contributed by atoms with Crippen LogP contribution >= 0.6 is 0 Å². The predicted molar refractivity (Wildman–Crippen MR) is 84.7 cm³/mol. The summed E-state index contributed by atoms with van der Waals surface area (Å²) >= 11 is 0. The Labute approximate surface area is 124 Å². The van der Waals surface area contributed by atoms with Gasteiger partial charge in [-0.15, -0.1) is 6.58 Å². The lowest BCUT2D eigenvalue weighted by atomic mass is 9.98. The zero-order valence-corrected chi connectivity index (χ0v) is 11.9. The highest BCUT2D eigenvalue weighted by Gasteiger charge is 2.04. The molecule has 2 aromatic carbocycles. The van der Waals surface area contributed by atoms with Crippen molar-refractivity contribution in [2.24, 2.45) is 0 Å². The summed E-state index contributed by atoms with van der Waals surface area (Å²) < 4.78 is 5.01. The van der Waals surface area contributed by atoms with Gasteiger partial charge >= 0.3 is 0 Å². The van der Waals surface area contributed by atoms with Gasteiger partial charge in [0.1, 0.15) is 5.75 Å². The standard InChI is InChI=1S/C18H18O3/c1-3-14(15-7-9-16(19)10-8-15)6-4-13-5-11-18(21-2)17(20)12-13/h3-12,14,19-20H,1H2,2H3/b6-4+/t14-/m1/s1. The van der Waals surface area contributed by atoms with Gasteiger partial charge in [0.25, 0.3) is 0 Å². The van der Waals surface area contributed by atoms with E-state index < -0.39 is 0 Å². The highest BCUT2D eigenvalue weighted by atomic mass is 16.5. The van der Waals surface area contributed by atoms with Gasteiger partial charge in [-0.3, -0.25) is 0 Å². The van der Waals surface area contributed by atoms with E-state index in [-0.39, 0.29) is 17.4 Å². The highest BCUT2D eigenvalue weighted by Crippen LogP contribution is 2.28. The second kappa shape index (κ2) is 6.66. The molecule has 2 N–H and O–H groups in total. The maximum Gasteiger partial charge on any atom is 0.160 e. The van der Waals surface area contributed by atoms with E-state index in [9.17, 15) is 10.2 Å². The summed E-state index contributed by atoms with van der Waals surface area (Å²) in [5, 5.41) is 19.1. The van der Waals surface area contributed by atoms with E-state index >= 15 is 0 Å². The maximum atomic E-state index is 9.75. The normalized spacial score (nSPS) is 12.2. The zero-order chi connectivity index (χ0) is 15.2. The molecule has 0 heterocycles. The quantitative estimate of drug-likeness (QED) is 0.812. The number of phenols is 2. The maximum absolute atomic E-state index is 9.75. The van der Waals surface area contributed by atoms with E-state index in [1.54, 1.807) is 24.3 Å². The van der Waals surface area contributed by atoms with Gasteiger partial charge in [-0.25, -0.2) is 0 Å². The first-order valence-electron chi connectivity index (χ1n) is 6.60. The van der Waals surface area contributed by atoms with E-state index in [0.717, 1.165) is 11.1 Å². The molecule has 2 rings (SSSR count). The monoisotopic (exact) mass is 282 g/mol. The lowest BCUT2D eigenvalue weighted by molar-refractivity contribution is 0.373. The van der Waals surface area contributed by atoms with Crippen LogP contribution in [0.15, 0.2) is 61.2 Å². The third kappa shape index (κ3) is 3.66. The minimum atomic E-state index is 0.0369. The van der Waals surface area contributed by atoms with Gasteiger partial charge in [0, 0.05) is 5.92 Å². The van der Waals surface area contributed by atoms with Gasteiger partial charge in [-0.05, 0) is 35.4 Å². The lowest BCUT2D eigenvalue weighted by Crippen LogP contribution is -1.90. The van der Waals surface area contributed by atoms with Crippen molar-refractivity contribution >= 4 is 6.08 Å². The van der Waals surface area contributed by atoms with E-state index in [1.165, 1.54) is 7.11 Å². The van der Waals surface area contributed by atoms with Crippen LogP contribution in [-0.4, -0.2) is 17.3 Å². The van der Waals surface area contributed by atoms with Crippen molar-refractivity contribution in [3.05, 3.63) is 72.3 Å². The molecule has 3 nitrogen and oxygen atoms in total. The molecular weight excluding hydrogens is 264 g/mol. The Morgan fingerprint density at radius 2 is 1.81 bits per heavy atom. The van der Waals surface area contributed by atoms with E-state index in [2.05, 4.69) is 6.58 Å². The number of benzene rings is 2. The summed E-state index contributed by atoms with van der Waals surface area (Å²) in [6.07, 6.45) is 5.73. The summed E-state index contributed by atoms with van der Waals surface area (Å²) in [4.78, 5) is 0. The summed E-state index contributed by atoms with van der Waals surface area (Å²) in [6, 6.07) is 12.3. The molecule has 1 atom stereocenters. The molecule has 0 aliphatic heterocycles. The molecule has 0 bridgehead atoms. The first-order chi connectivity index (χ1) is 10.1. The molecule has 0 unspecified atom stereocenters. The van der Waals surface area contributed by atoms with Gasteiger partial charge in [0.2, 0.25) is 0 Å². The average Bonchev–Trinajstić information content (AvgIpc) is 2.49. The summed E-state index contributed by atoms with van der Waals surface area (Å²) in [7, 11) is 1.52. The molecule has 21 heavy (non-hydrogen) atoms. The van der Waals surface area contributed by atoms with Crippen LogP contribution in [0, 0.1) is 0 Å². The molecule has 0 aliphatic rings. The first kappa shape index (κ1) is 14.7. The van der Waals surface area contributed by atoms with Crippen molar-refractivity contribution in [2.45, 2.75) is 5.92 Å². The molecule has 2 aromatic rings. The second-order valence-electron chi connectivity index (χ2n) is 4.64. The summed E-state index contributed by atoms with van der Waals surface area (Å²) in [5.41, 5.74) is 1.91. The summed E-state index contributed by atoms with van der Waals surface area (Å²) in [6.45, 7) is 3.83. The van der Waals surface area contributed by atoms with Crippen LogP contribution in [0.3, 0.4) is 0 Å². The van der Waals surface area contributed by atoms with Crippen molar-refractivity contribution in [1.82, 2.24) is 0 Å². The number of allylic oxidation sites excluding steroid dienone is 2. The van der Waals surface area contributed by atoms with Gasteiger partial charge in [0.05, 0.1) is 7.11 Å². The number of hydrogen-bond donors (Lipinski definition) is 2. The van der Waals surface area contributed by atoms with Crippen LogP contribution in [0.5, 0.6) is 17.2 Å². The predicted octanol–water partition coefficient (Wildman–Crippen LogP) is 4.09. The van der Waals surface area contributed by atoms with Crippen molar-refractivity contribution in [1.29, 1.82) is 0 Å². The molecular formula is C18H18O3. The highest BCUT2D eigenvalue weighted by molar-refractivity contribution is 5.56. The van der Waals surface area contributed by atoms with Crippen molar-refractivity contribution in [3.8, 4) is 17.2 Å². The topological polar surface area (TPSA) is 49.7 Å². The molecule has 3 heteroatoms. The first-order valence-corrected chi connectivity index (χ1v) is 6.60. The van der Waals surface area contributed by atoms with Gasteiger partial charge in [0.15, 0.2) is 11.5 Å². The van der Waals surface area contributed by atoms with Gasteiger partial charge in [-0.2, -0.15) is 0 Å². The SMILES string of the molecule is C=C[C@H](/C=C/c1ccc(OC)c(O)c1)c1ccc(O)cc1. The van der Waals surface area contributed by atoms with Crippen LogP contribution in [0.1, 0.15) is 17.0 Å². The van der Waals surface area contributed by atoms with Gasteiger partial charge < -0.3 is 14.9 Å². The molecule has 0 saturated carbocycles. The van der Waals surface area contributed by atoms with Crippen molar-refractivity contribution < 1.29 is 14.9 Å². The Morgan fingerprint density at radius 1 is 1.10 bits per heavy atom. The lowest BCUT2D eigenvalue weighted by Gasteiger charge is -2.08. The average molecular weight is 282 g/mol. The van der Waals surface area contributed by atoms with Crippen LogP contribution in [0.2, 0.25) is 0 Å². The number of aromatic hydroxyl groups is 2. The Bertz CT molecular complexity index is 642. The minimum absolute atomic E-state index is 0.0369. The second-order valence-corrected chi connectivity index (χ2v) is 4.64. The molecule has 0 saturated heterocycles. The van der Waals surface area contributed by atoms with Crippen molar-refractivity contribution in [3.63, 3.8) is 0 Å². The molecule has 108 valence electrons. The molecule has 0 aliphatic carbocycles. The summed E-state index contributed by atoms with van der Waals surface area (Å²) in [5.74, 6) is 0.839. The molecule has 0 amide bonds. The largest absolute Gasteiger partial charge is 0.508 e.